The van der Waals surface area contributed by atoms with Gasteiger partial charge >= 0.3 is 0 Å². The first-order chi connectivity index (χ1) is 11.2. The van der Waals surface area contributed by atoms with Gasteiger partial charge in [-0.2, -0.15) is 0 Å². The smallest absolute Gasteiger partial charge is 0.227 e. The predicted molar refractivity (Wildman–Crippen MR) is 90.2 cm³/mol. The Labute approximate surface area is 134 Å². The Morgan fingerprint density at radius 3 is 2.17 bits per heavy atom. The quantitative estimate of drug-likeness (QED) is 0.521. The van der Waals surface area contributed by atoms with E-state index in [0.29, 0.717) is 16.9 Å². The molecule has 0 fully saturated rings. The number of fused-ring (bicyclic) bond motifs is 1. The average Bonchev–Trinajstić information content (AvgIpc) is 2.99. The third-order valence-corrected chi connectivity index (χ3v) is 3.72. The number of hydrogen-bond acceptors (Lipinski definition) is 2. The van der Waals surface area contributed by atoms with Crippen molar-refractivity contribution in [3.05, 3.63) is 72.5 Å². The maximum Gasteiger partial charge on any atom is 0.227 e. The highest BCUT2D eigenvalue weighted by atomic mass is 19.1. The minimum atomic E-state index is -0.248. The van der Waals surface area contributed by atoms with Crippen molar-refractivity contribution in [3.63, 3.8) is 0 Å². The van der Waals surface area contributed by atoms with Crippen molar-refractivity contribution < 1.29 is 8.81 Å². The van der Waals surface area contributed by atoms with Gasteiger partial charge < -0.3 is 4.42 Å². The number of nitrogens with zero attached hydrogens (tertiary/aromatic N) is 1. The standard InChI is InChI=1S/C19H11BFNO/c20-15-6-1-13(2-7-15)19-22-17-11-14(5-10-18(17)23-19)12-3-8-16(21)9-4-12/h1-11H. The van der Waals surface area contributed by atoms with Gasteiger partial charge in [-0.3, -0.25) is 0 Å². The van der Waals surface area contributed by atoms with E-state index in [1.807, 2.05) is 42.5 Å². The van der Waals surface area contributed by atoms with Gasteiger partial charge in [0.2, 0.25) is 5.89 Å². The van der Waals surface area contributed by atoms with E-state index in [1.165, 1.54) is 12.1 Å². The first kappa shape index (κ1) is 13.8. The highest BCUT2D eigenvalue weighted by Crippen LogP contribution is 2.28. The molecule has 0 amide bonds. The number of hydrogen-bond donors (Lipinski definition) is 0. The van der Waals surface area contributed by atoms with Crippen LogP contribution in [-0.2, 0) is 0 Å². The molecule has 4 rings (SSSR count). The van der Waals surface area contributed by atoms with Crippen LogP contribution in [0.25, 0.3) is 33.7 Å². The minimum absolute atomic E-state index is 0.248. The van der Waals surface area contributed by atoms with Crippen LogP contribution < -0.4 is 5.46 Å². The van der Waals surface area contributed by atoms with E-state index >= 15 is 0 Å². The monoisotopic (exact) mass is 299 g/mol. The normalized spacial score (nSPS) is 11.0. The summed E-state index contributed by atoms with van der Waals surface area (Å²) in [7, 11) is 5.70. The van der Waals surface area contributed by atoms with Gasteiger partial charge in [0.25, 0.3) is 0 Å². The van der Waals surface area contributed by atoms with Gasteiger partial charge in [-0.25, -0.2) is 9.37 Å². The van der Waals surface area contributed by atoms with Gasteiger partial charge in [0.15, 0.2) is 5.58 Å². The lowest BCUT2D eigenvalue weighted by Crippen LogP contribution is -1.99. The Morgan fingerprint density at radius 2 is 1.43 bits per heavy atom. The fourth-order valence-corrected chi connectivity index (χ4v) is 2.50. The Balaban J connectivity index is 1.77. The van der Waals surface area contributed by atoms with Crippen molar-refractivity contribution >= 4 is 24.4 Å². The minimum Gasteiger partial charge on any atom is -0.436 e. The molecular weight excluding hydrogens is 288 g/mol. The first-order valence-electron chi connectivity index (χ1n) is 7.21. The molecule has 1 heterocycles. The molecule has 4 aromatic rings. The van der Waals surface area contributed by atoms with Crippen LogP contribution in [0.2, 0.25) is 0 Å². The molecule has 0 aliphatic carbocycles. The summed E-state index contributed by atoms with van der Waals surface area (Å²) in [5, 5.41) is 0. The number of halogens is 1. The maximum absolute atomic E-state index is 13.0. The largest absolute Gasteiger partial charge is 0.436 e. The molecule has 0 spiro atoms. The summed E-state index contributed by atoms with van der Waals surface area (Å²) < 4.78 is 18.8. The van der Waals surface area contributed by atoms with Crippen molar-refractivity contribution in [1.29, 1.82) is 0 Å². The molecule has 4 heteroatoms. The molecule has 3 aromatic carbocycles. The van der Waals surface area contributed by atoms with E-state index < -0.39 is 0 Å². The van der Waals surface area contributed by atoms with E-state index in [-0.39, 0.29) is 5.82 Å². The third-order valence-electron chi connectivity index (χ3n) is 3.72. The van der Waals surface area contributed by atoms with Crippen LogP contribution in [-0.4, -0.2) is 12.8 Å². The van der Waals surface area contributed by atoms with Crippen molar-refractivity contribution in [2.75, 3.05) is 0 Å². The molecule has 0 bridgehead atoms. The predicted octanol–water partition coefficient (Wildman–Crippen LogP) is 4.09. The summed E-state index contributed by atoms with van der Waals surface area (Å²) in [6.45, 7) is 0. The Hall–Kier alpha value is -2.88. The third kappa shape index (κ3) is 2.64. The van der Waals surface area contributed by atoms with Gasteiger partial charge in [0, 0.05) is 5.56 Å². The van der Waals surface area contributed by atoms with Gasteiger partial charge in [0.05, 0.1) is 0 Å². The van der Waals surface area contributed by atoms with Gasteiger partial charge in [0.1, 0.15) is 19.2 Å². The molecule has 0 aliphatic rings. The Kier molecular flexibility index (Phi) is 3.23. The molecule has 2 nitrogen and oxygen atoms in total. The van der Waals surface area contributed by atoms with Crippen molar-refractivity contribution in [3.8, 4) is 22.6 Å². The summed E-state index contributed by atoms with van der Waals surface area (Å²) in [5.41, 5.74) is 4.95. The fraction of sp³-hybridized carbons (Fsp3) is 0. The van der Waals surface area contributed by atoms with E-state index in [2.05, 4.69) is 4.98 Å². The van der Waals surface area contributed by atoms with E-state index in [1.54, 1.807) is 12.1 Å². The van der Waals surface area contributed by atoms with Crippen LogP contribution in [0.3, 0.4) is 0 Å². The summed E-state index contributed by atoms with van der Waals surface area (Å²) in [4.78, 5) is 4.53. The molecule has 0 aliphatic heterocycles. The molecule has 23 heavy (non-hydrogen) atoms. The van der Waals surface area contributed by atoms with E-state index in [0.717, 1.165) is 22.2 Å². The van der Waals surface area contributed by atoms with E-state index in [9.17, 15) is 4.39 Å². The molecule has 1 aromatic heterocycles. The molecule has 0 saturated heterocycles. The van der Waals surface area contributed by atoms with Crippen LogP contribution in [0, 0.1) is 5.82 Å². The molecule has 0 atom stereocenters. The van der Waals surface area contributed by atoms with Crippen LogP contribution in [0.4, 0.5) is 4.39 Å². The molecule has 0 N–H and O–H groups in total. The molecular formula is C19H11BFNO. The topological polar surface area (TPSA) is 26.0 Å². The zero-order valence-electron chi connectivity index (χ0n) is 12.2. The average molecular weight is 299 g/mol. The van der Waals surface area contributed by atoms with Crippen LogP contribution in [0.1, 0.15) is 0 Å². The molecule has 108 valence electrons. The SMILES string of the molecule is [B]c1ccc(-c2nc3cc(-c4ccc(F)cc4)ccc3o2)cc1. The number of benzene rings is 3. The molecule has 0 unspecified atom stereocenters. The summed E-state index contributed by atoms with van der Waals surface area (Å²) >= 11 is 0. The van der Waals surface area contributed by atoms with Gasteiger partial charge in [-0.05, 0) is 35.4 Å². The summed E-state index contributed by atoms with van der Waals surface area (Å²) in [5.74, 6) is 0.304. The second-order valence-corrected chi connectivity index (χ2v) is 5.33. The highest BCUT2D eigenvalue weighted by Gasteiger charge is 2.09. The Bertz CT molecular complexity index is 931. The number of aromatic nitrogens is 1. The second kappa shape index (κ2) is 5.40. The zero-order valence-corrected chi connectivity index (χ0v) is 12.2. The lowest BCUT2D eigenvalue weighted by Gasteiger charge is -2.00. The maximum atomic E-state index is 13.0. The highest BCUT2D eigenvalue weighted by molar-refractivity contribution is 6.32. The van der Waals surface area contributed by atoms with Crippen LogP contribution >= 0.6 is 0 Å². The molecule has 2 radical (unpaired) electrons. The van der Waals surface area contributed by atoms with Crippen LogP contribution in [0.15, 0.2) is 71.1 Å². The lowest BCUT2D eigenvalue weighted by molar-refractivity contribution is 0.620. The lowest BCUT2D eigenvalue weighted by atomic mass is 9.95. The van der Waals surface area contributed by atoms with E-state index in [4.69, 9.17) is 12.3 Å². The molecule has 0 saturated carbocycles. The van der Waals surface area contributed by atoms with Crippen molar-refractivity contribution in [1.82, 2.24) is 4.98 Å². The summed E-state index contributed by atoms with van der Waals surface area (Å²) in [6, 6.07) is 19.5. The van der Waals surface area contributed by atoms with Crippen molar-refractivity contribution in [2.45, 2.75) is 0 Å². The van der Waals surface area contributed by atoms with Gasteiger partial charge in [-0.15, -0.1) is 0 Å². The zero-order chi connectivity index (χ0) is 15.8. The van der Waals surface area contributed by atoms with Crippen LogP contribution in [0.5, 0.6) is 0 Å². The number of oxazole rings is 1. The van der Waals surface area contributed by atoms with Crippen molar-refractivity contribution in [2.24, 2.45) is 0 Å². The fourth-order valence-electron chi connectivity index (χ4n) is 2.50. The summed E-state index contributed by atoms with van der Waals surface area (Å²) in [6.07, 6.45) is 0. The first-order valence-corrected chi connectivity index (χ1v) is 7.21. The second-order valence-electron chi connectivity index (χ2n) is 5.33. The number of rotatable bonds is 2. The van der Waals surface area contributed by atoms with Gasteiger partial charge in [-0.1, -0.05) is 47.9 Å². The Morgan fingerprint density at radius 1 is 0.783 bits per heavy atom.